The number of carbonyl (C=O) groups excluding carboxylic acids is 2. The van der Waals surface area contributed by atoms with Gasteiger partial charge >= 0.3 is 5.97 Å². The van der Waals surface area contributed by atoms with Crippen LogP contribution in [0.1, 0.15) is 48.7 Å². The summed E-state index contributed by atoms with van der Waals surface area (Å²) in [6.07, 6.45) is 3.10. The molecule has 0 bridgehead atoms. The normalized spacial score (nSPS) is 10.4. The minimum Gasteiger partial charge on any atom is -0.497 e. The van der Waals surface area contributed by atoms with Crippen LogP contribution in [-0.4, -0.2) is 39.8 Å². The smallest absolute Gasteiger partial charge is 0.356 e. The average Bonchev–Trinajstić information content (AvgIpc) is 3.16. The molecule has 8 nitrogen and oxygen atoms in total. The first-order valence-electron chi connectivity index (χ1n) is 8.61. The molecule has 0 spiro atoms. The first-order chi connectivity index (χ1) is 13.9. The molecule has 0 aliphatic carbocycles. The third-order valence-electron chi connectivity index (χ3n) is 4.07. The molecule has 0 aliphatic rings. The van der Waals surface area contributed by atoms with E-state index < -0.39 is 17.6 Å². The molecule has 0 radical (unpaired) electrons. The molecule has 2 N–H and O–H groups in total. The van der Waals surface area contributed by atoms with Crippen molar-refractivity contribution < 1.29 is 24.2 Å². The summed E-state index contributed by atoms with van der Waals surface area (Å²) in [5, 5.41) is 12.2. The number of carbonyl (C=O) groups is 3. The molecule has 0 saturated carbocycles. The molecule has 148 valence electrons. The standard InChI is InChI=1S/C20H17N3O5S/c1-3-13-10-14(17(24)11-4-6-12(28-2)7-5-11)19(29-13)23-18(25)15-16(20(26)27)22-9-8-21-15/h4-10H,3H2,1-2H3,(H,23,25)(H,26,27). The number of nitrogens with one attached hydrogen (secondary N) is 1. The number of amides is 1. The van der Waals surface area contributed by atoms with Crippen molar-refractivity contribution in [3.05, 3.63) is 70.1 Å². The maximum Gasteiger partial charge on any atom is 0.356 e. The molecule has 0 unspecified atom stereocenters. The Bertz CT molecular complexity index is 1080. The van der Waals surface area contributed by atoms with Gasteiger partial charge < -0.3 is 15.2 Å². The highest BCUT2D eigenvalue weighted by atomic mass is 32.1. The number of methoxy groups -OCH3 is 1. The fourth-order valence-electron chi connectivity index (χ4n) is 2.60. The molecular weight excluding hydrogens is 394 g/mol. The monoisotopic (exact) mass is 411 g/mol. The van der Waals surface area contributed by atoms with E-state index in [2.05, 4.69) is 15.3 Å². The number of aromatic nitrogens is 2. The minimum absolute atomic E-state index is 0.267. The number of benzene rings is 1. The van der Waals surface area contributed by atoms with Gasteiger partial charge in [-0.1, -0.05) is 6.92 Å². The SMILES string of the molecule is CCc1cc(C(=O)c2ccc(OC)cc2)c(NC(=O)c2nccnc2C(=O)O)s1. The Morgan fingerprint density at radius 2 is 1.76 bits per heavy atom. The number of thiophene rings is 1. The molecular formula is C20H17N3O5S. The lowest BCUT2D eigenvalue weighted by Crippen LogP contribution is -2.20. The summed E-state index contributed by atoms with van der Waals surface area (Å²) in [5.41, 5.74) is -0.0202. The number of ether oxygens (including phenoxy) is 1. The quantitative estimate of drug-likeness (QED) is 0.573. The summed E-state index contributed by atoms with van der Waals surface area (Å²) < 4.78 is 5.10. The third kappa shape index (κ3) is 4.30. The minimum atomic E-state index is -1.36. The summed E-state index contributed by atoms with van der Waals surface area (Å²) in [6, 6.07) is 8.36. The second kappa shape index (κ2) is 8.61. The van der Waals surface area contributed by atoms with Crippen molar-refractivity contribution in [2.24, 2.45) is 0 Å². The highest BCUT2D eigenvalue weighted by molar-refractivity contribution is 7.16. The van der Waals surface area contributed by atoms with E-state index in [0.717, 1.165) is 4.88 Å². The van der Waals surface area contributed by atoms with Crippen LogP contribution in [0.2, 0.25) is 0 Å². The summed E-state index contributed by atoms with van der Waals surface area (Å²) in [5.74, 6) is -1.75. The number of hydrogen-bond acceptors (Lipinski definition) is 7. The second-order valence-electron chi connectivity index (χ2n) is 5.88. The van der Waals surface area contributed by atoms with Crippen LogP contribution in [-0.2, 0) is 6.42 Å². The zero-order valence-corrected chi connectivity index (χ0v) is 16.4. The number of hydrogen-bond donors (Lipinski definition) is 2. The molecule has 1 amide bonds. The molecule has 9 heteroatoms. The highest BCUT2D eigenvalue weighted by Gasteiger charge is 2.23. The van der Waals surface area contributed by atoms with E-state index in [0.29, 0.717) is 28.3 Å². The van der Waals surface area contributed by atoms with Gasteiger partial charge in [-0.25, -0.2) is 14.8 Å². The maximum atomic E-state index is 13.0. The number of aromatic carboxylic acids is 1. The van der Waals surface area contributed by atoms with Gasteiger partial charge in [-0.15, -0.1) is 11.3 Å². The molecule has 0 aliphatic heterocycles. The Morgan fingerprint density at radius 1 is 1.10 bits per heavy atom. The third-order valence-corrected chi connectivity index (χ3v) is 5.27. The van der Waals surface area contributed by atoms with Gasteiger partial charge in [0, 0.05) is 22.8 Å². The van der Waals surface area contributed by atoms with Crippen molar-refractivity contribution in [1.29, 1.82) is 0 Å². The van der Waals surface area contributed by atoms with E-state index in [1.807, 2.05) is 6.92 Å². The average molecular weight is 411 g/mol. The molecule has 0 atom stereocenters. The van der Waals surface area contributed by atoms with Crippen LogP contribution in [0, 0.1) is 0 Å². The van der Waals surface area contributed by atoms with Crippen molar-refractivity contribution in [2.45, 2.75) is 13.3 Å². The largest absolute Gasteiger partial charge is 0.497 e. The van der Waals surface area contributed by atoms with E-state index >= 15 is 0 Å². The van der Waals surface area contributed by atoms with Gasteiger partial charge in [0.1, 0.15) is 10.8 Å². The zero-order valence-electron chi connectivity index (χ0n) is 15.6. The lowest BCUT2D eigenvalue weighted by atomic mass is 10.0. The lowest BCUT2D eigenvalue weighted by Gasteiger charge is -2.07. The van der Waals surface area contributed by atoms with Crippen molar-refractivity contribution in [1.82, 2.24) is 9.97 Å². The number of rotatable bonds is 7. The predicted octanol–water partition coefficient (Wildman–Crippen LogP) is 3.29. The van der Waals surface area contributed by atoms with Crippen LogP contribution in [0.25, 0.3) is 0 Å². The Kier molecular flexibility index (Phi) is 5.99. The molecule has 3 rings (SSSR count). The van der Waals surface area contributed by atoms with E-state index in [1.165, 1.54) is 30.8 Å². The number of carboxylic acid groups (broad SMARTS) is 1. The van der Waals surface area contributed by atoms with E-state index in [-0.39, 0.29) is 11.5 Å². The Hall–Kier alpha value is -3.59. The van der Waals surface area contributed by atoms with Gasteiger partial charge in [-0.3, -0.25) is 9.59 Å². The number of ketones is 1. The number of aryl methyl sites for hydroxylation is 1. The van der Waals surface area contributed by atoms with Crippen LogP contribution in [0.15, 0.2) is 42.7 Å². The number of nitrogens with zero attached hydrogens (tertiary/aromatic N) is 2. The highest BCUT2D eigenvalue weighted by Crippen LogP contribution is 2.31. The molecule has 3 aromatic rings. The first-order valence-corrected chi connectivity index (χ1v) is 9.43. The Balaban J connectivity index is 1.94. The summed E-state index contributed by atoms with van der Waals surface area (Å²) >= 11 is 1.25. The Morgan fingerprint density at radius 3 is 2.34 bits per heavy atom. The maximum absolute atomic E-state index is 13.0. The van der Waals surface area contributed by atoms with E-state index in [1.54, 1.807) is 30.3 Å². The van der Waals surface area contributed by atoms with Crippen molar-refractivity contribution in [2.75, 3.05) is 12.4 Å². The van der Waals surface area contributed by atoms with Gasteiger partial charge in [-0.05, 0) is 36.8 Å². The fraction of sp³-hybridized carbons (Fsp3) is 0.150. The first kappa shape index (κ1) is 20.2. The van der Waals surface area contributed by atoms with Crippen LogP contribution >= 0.6 is 11.3 Å². The van der Waals surface area contributed by atoms with Crippen LogP contribution in [0.3, 0.4) is 0 Å². The summed E-state index contributed by atoms with van der Waals surface area (Å²) in [6.45, 7) is 1.93. The topological polar surface area (TPSA) is 118 Å². The van der Waals surface area contributed by atoms with Gasteiger partial charge in [-0.2, -0.15) is 0 Å². The molecule has 1 aromatic carbocycles. The molecule has 0 saturated heterocycles. The Labute approximate surface area is 170 Å². The van der Waals surface area contributed by atoms with Gasteiger partial charge in [0.25, 0.3) is 5.91 Å². The summed E-state index contributed by atoms with van der Waals surface area (Å²) in [4.78, 5) is 45.3. The van der Waals surface area contributed by atoms with Gasteiger partial charge in [0.15, 0.2) is 17.2 Å². The van der Waals surface area contributed by atoms with Gasteiger partial charge in [0.2, 0.25) is 0 Å². The van der Waals surface area contributed by atoms with Crippen molar-refractivity contribution in [3.63, 3.8) is 0 Å². The van der Waals surface area contributed by atoms with E-state index in [4.69, 9.17) is 4.74 Å². The van der Waals surface area contributed by atoms with Crippen molar-refractivity contribution in [3.8, 4) is 5.75 Å². The van der Waals surface area contributed by atoms with Crippen LogP contribution < -0.4 is 10.1 Å². The lowest BCUT2D eigenvalue weighted by molar-refractivity contribution is 0.0684. The van der Waals surface area contributed by atoms with Crippen molar-refractivity contribution >= 4 is 34.0 Å². The second-order valence-corrected chi connectivity index (χ2v) is 7.02. The van der Waals surface area contributed by atoms with Crippen LogP contribution in [0.5, 0.6) is 5.75 Å². The number of carboxylic acids is 1. The van der Waals surface area contributed by atoms with Gasteiger partial charge in [0.05, 0.1) is 12.7 Å². The summed E-state index contributed by atoms with van der Waals surface area (Å²) in [7, 11) is 1.54. The zero-order chi connectivity index (χ0) is 21.0. The van der Waals surface area contributed by atoms with Crippen LogP contribution in [0.4, 0.5) is 5.00 Å². The fourth-order valence-corrected chi connectivity index (χ4v) is 3.59. The predicted molar refractivity (Wildman–Crippen MR) is 107 cm³/mol. The molecule has 29 heavy (non-hydrogen) atoms. The molecule has 2 heterocycles. The number of anilines is 1. The van der Waals surface area contributed by atoms with E-state index in [9.17, 15) is 19.5 Å². The molecule has 2 aromatic heterocycles. The molecule has 0 fully saturated rings.